The molecule has 110 valence electrons. The molecular formula is C15H23N3OS. The molecule has 0 aliphatic heterocycles. The van der Waals surface area contributed by atoms with Crippen molar-refractivity contribution in [3.8, 4) is 0 Å². The second kappa shape index (κ2) is 7.43. The Balaban J connectivity index is 1.67. The Bertz CT molecular complexity index is 469. The predicted molar refractivity (Wildman–Crippen MR) is 86.1 cm³/mol. The zero-order valence-electron chi connectivity index (χ0n) is 12.2. The van der Waals surface area contributed by atoms with E-state index in [1.165, 1.54) is 19.3 Å². The maximum Gasteiger partial charge on any atom is 0.186 e. The van der Waals surface area contributed by atoms with Crippen molar-refractivity contribution in [2.24, 2.45) is 11.0 Å². The maximum absolute atomic E-state index is 5.72. The van der Waals surface area contributed by atoms with Gasteiger partial charge in [-0.3, -0.25) is 5.43 Å². The molecular weight excluding hydrogens is 270 g/mol. The zero-order valence-corrected chi connectivity index (χ0v) is 13.0. The minimum atomic E-state index is 0.556. The summed E-state index contributed by atoms with van der Waals surface area (Å²) in [6.07, 6.45) is 6.45. The molecule has 1 aromatic heterocycles. The third kappa shape index (κ3) is 4.63. The second-order valence-electron chi connectivity index (χ2n) is 5.39. The van der Waals surface area contributed by atoms with Crippen molar-refractivity contribution in [2.45, 2.75) is 45.4 Å². The molecule has 20 heavy (non-hydrogen) atoms. The average molecular weight is 293 g/mol. The van der Waals surface area contributed by atoms with E-state index in [1.54, 1.807) is 6.21 Å². The summed E-state index contributed by atoms with van der Waals surface area (Å²) < 4.78 is 5.72. The molecule has 0 aromatic carbocycles. The molecule has 1 aromatic rings. The highest BCUT2D eigenvalue weighted by Crippen LogP contribution is 2.47. The lowest BCUT2D eigenvalue weighted by Crippen LogP contribution is -2.32. The van der Waals surface area contributed by atoms with Crippen LogP contribution in [-0.2, 0) is 0 Å². The Morgan fingerprint density at radius 1 is 1.50 bits per heavy atom. The van der Waals surface area contributed by atoms with Gasteiger partial charge in [-0.2, -0.15) is 5.10 Å². The summed E-state index contributed by atoms with van der Waals surface area (Å²) in [6, 6.07) is 3.99. The molecule has 2 N–H and O–H groups in total. The van der Waals surface area contributed by atoms with Crippen molar-refractivity contribution in [2.75, 3.05) is 6.54 Å². The lowest BCUT2D eigenvalue weighted by Gasteiger charge is -2.05. The van der Waals surface area contributed by atoms with Crippen LogP contribution in [0, 0.1) is 5.92 Å². The summed E-state index contributed by atoms with van der Waals surface area (Å²) in [6.45, 7) is 5.31. The van der Waals surface area contributed by atoms with Crippen molar-refractivity contribution in [1.29, 1.82) is 0 Å². The Morgan fingerprint density at radius 2 is 2.30 bits per heavy atom. The third-order valence-electron chi connectivity index (χ3n) is 3.55. The van der Waals surface area contributed by atoms with E-state index in [4.69, 9.17) is 16.6 Å². The number of nitrogens with one attached hydrogen (secondary N) is 2. The largest absolute Gasteiger partial charge is 0.460 e. The second-order valence-corrected chi connectivity index (χ2v) is 5.80. The van der Waals surface area contributed by atoms with Gasteiger partial charge in [0.2, 0.25) is 0 Å². The van der Waals surface area contributed by atoms with Gasteiger partial charge in [0, 0.05) is 12.5 Å². The van der Waals surface area contributed by atoms with Crippen molar-refractivity contribution >= 4 is 23.5 Å². The van der Waals surface area contributed by atoms with Crippen LogP contribution in [0.2, 0.25) is 0 Å². The summed E-state index contributed by atoms with van der Waals surface area (Å²) in [7, 11) is 0. The number of nitrogens with zero attached hydrogens (tertiary/aromatic N) is 1. The monoisotopic (exact) mass is 293 g/mol. The highest BCUT2D eigenvalue weighted by Gasteiger charge is 2.36. The summed E-state index contributed by atoms with van der Waals surface area (Å²) >= 11 is 5.12. The number of furan rings is 1. The molecule has 0 unspecified atom stereocenters. The lowest BCUT2D eigenvalue weighted by atomic mass is 10.2. The lowest BCUT2D eigenvalue weighted by molar-refractivity contribution is 0.500. The van der Waals surface area contributed by atoms with Gasteiger partial charge in [-0.25, -0.2) is 0 Å². The number of thiocarbonyl (C=S) groups is 1. The van der Waals surface area contributed by atoms with Crippen molar-refractivity contribution in [1.82, 2.24) is 10.7 Å². The van der Waals surface area contributed by atoms with E-state index in [-0.39, 0.29) is 0 Å². The molecule has 0 radical (unpaired) electrons. The molecule has 4 nitrogen and oxygen atoms in total. The van der Waals surface area contributed by atoms with Crippen LogP contribution in [0.5, 0.6) is 0 Å². The van der Waals surface area contributed by atoms with Crippen molar-refractivity contribution in [3.05, 3.63) is 23.7 Å². The average Bonchev–Trinajstić information content (AvgIpc) is 2.98. The molecule has 1 fully saturated rings. The van der Waals surface area contributed by atoms with Gasteiger partial charge in [0.25, 0.3) is 0 Å². The standard InChI is InChI=1S/C15H23N3OS/c1-3-4-5-8-16-15(20)18-17-10-12-6-7-14(19-12)13-9-11(13)2/h6-7,10-11,13H,3-5,8-9H2,1-2H3,(H2,16,18,20)/b17-10-/t11-,13+/m1/s1. The fourth-order valence-electron chi connectivity index (χ4n) is 2.13. The van der Waals surface area contributed by atoms with E-state index in [2.05, 4.69) is 29.7 Å². The maximum atomic E-state index is 5.72. The van der Waals surface area contributed by atoms with E-state index in [0.29, 0.717) is 11.0 Å². The number of rotatable bonds is 7. The zero-order chi connectivity index (χ0) is 14.4. The summed E-state index contributed by atoms with van der Waals surface area (Å²) in [4.78, 5) is 0. The molecule has 2 atom stereocenters. The van der Waals surface area contributed by atoms with E-state index in [0.717, 1.165) is 30.4 Å². The first-order valence-corrected chi connectivity index (χ1v) is 7.78. The highest BCUT2D eigenvalue weighted by molar-refractivity contribution is 7.80. The molecule has 1 saturated carbocycles. The first-order valence-electron chi connectivity index (χ1n) is 7.37. The van der Waals surface area contributed by atoms with Gasteiger partial charge in [-0.15, -0.1) is 0 Å². The van der Waals surface area contributed by atoms with Gasteiger partial charge >= 0.3 is 0 Å². The van der Waals surface area contributed by atoms with Crippen LogP contribution in [0.25, 0.3) is 0 Å². The molecule has 0 saturated heterocycles. The Hall–Kier alpha value is -1.36. The van der Waals surface area contributed by atoms with Crippen molar-refractivity contribution < 1.29 is 4.42 Å². The van der Waals surface area contributed by atoms with Crippen LogP contribution >= 0.6 is 12.2 Å². The normalized spacial score (nSPS) is 21.1. The SMILES string of the molecule is CCCCCNC(=S)N/N=C\c1ccc([C@H]2C[C@H]2C)o1. The van der Waals surface area contributed by atoms with Crippen LogP contribution in [0.4, 0.5) is 0 Å². The minimum absolute atomic E-state index is 0.556. The number of hydrogen-bond donors (Lipinski definition) is 2. The Kier molecular flexibility index (Phi) is 5.59. The van der Waals surface area contributed by atoms with E-state index in [1.807, 2.05) is 12.1 Å². The fourth-order valence-corrected chi connectivity index (χ4v) is 2.28. The van der Waals surface area contributed by atoms with Crippen LogP contribution in [0.15, 0.2) is 21.7 Å². The van der Waals surface area contributed by atoms with Gasteiger partial charge < -0.3 is 9.73 Å². The van der Waals surface area contributed by atoms with Crippen LogP contribution in [0.1, 0.15) is 57.0 Å². The molecule has 2 rings (SSSR count). The van der Waals surface area contributed by atoms with E-state index in [9.17, 15) is 0 Å². The summed E-state index contributed by atoms with van der Waals surface area (Å²) in [5.41, 5.74) is 2.80. The molecule has 1 aliphatic rings. The van der Waals surface area contributed by atoms with E-state index >= 15 is 0 Å². The third-order valence-corrected chi connectivity index (χ3v) is 3.78. The van der Waals surface area contributed by atoms with Gasteiger partial charge in [-0.1, -0.05) is 26.7 Å². The van der Waals surface area contributed by atoms with Gasteiger partial charge in [-0.05, 0) is 43.1 Å². The topological polar surface area (TPSA) is 49.6 Å². The molecule has 5 heteroatoms. The molecule has 0 bridgehead atoms. The molecule has 0 spiro atoms. The number of unbranched alkanes of at least 4 members (excludes halogenated alkanes) is 2. The highest BCUT2D eigenvalue weighted by atomic mass is 32.1. The number of hydrazone groups is 1. The van der Waals surface area contributed by atoms with Crippen molar-refractivity contribution in [3.63, 3.8) is 0 Å². The summed E-state index contributed by atoms with van der Waals surface area (Å²) in [5, 5.41) is 7.75. The molecule has 1 aliphatic carbocycles. The van der Waals surface area contributed by atoms with Crippen LogP contribution < -0.4 is 10.7 Å². The predicted octanol–water partition coefficient (Wildman–Crippen LogP) is 3.39. The number of hydrogen-bond acceptors (Lipinski definition) is 3. The van der Waals surface area contributed by atoms with Gasteiger partial charge in [0.1, 0.15) is 11.5 Å². The smallest absolute Gasteiger partial charge is 0.186 e. The van der Waals surface area contributed by atoms with Gasteiger partial charge in [0.05, 0.1) is 6.21 Å². The minimum Gasteiger partial charge on any atom is -0.460 e. The molecule has 1 heterocycles. The summed E-state index contributed by atoms with van der Waals surface area (Å²) in [5.74, 6) is 3.19. The first kappa shape index (κ1) is 15.0. The Morgan fingerprint density at radius 3 is 3.00 bits per heavy atom. The Labute approximate surface area is 126 Å². The fraction of sp³-hybridized carbons (Fsp3) is 0.600. The van der Waals surface area contributed by atoms with Gasteiger partial charge in [0.15, 0.2) is 5.11 Å². The molecule has 0 amide bonds. The van der Waals surface area contributed by atoms with Crippen LogP contribution in [0.3, 0.4) is 0 Å². The van der Waals surface area contributed by atoms with E-state index < -0.39 is 0 Å². The quantitative estimate of drug-likeness (QED) is 0.350. The van der Waals surface area contributed by atoms with Crippen LogP contribution in [-0.4, -0.2) is 17.9 Å². The first-order chi connectivity index (χ1) is 9.70.